The lowest BCUT2D eigenvalue weighted by Gasteiger charge is -2.40. The lowest BCUT2D eigenvalue weighted by Crippen LogP contribution is -2.45. The number of aromatic nitrogens is 3. The average molecular weight is 918 g/mol. The minimum Gasteiger partial charge on any atom is -0.381 e. The molecule has 67 heavy (non-hydrogen) atoms. The van der Waals surface area contributed by atoms with E-state index in [1.807, 2.05) is 23.5 Å². The van der Waals surface area contributed by atoms with Gasteiger partial charge in [0.1, 0.15) is 0 Å². The van der Waals surface area contributed by atoms with Crippen LogP contribution in [0, 0.1) is 10.8 Å². The van der Waals surface area contributed by atoms with Crippen molar-refractivity contribution >= 4 is 53.3 Å². The molecule has 10 rings (SSSR count). The van der Waals surface area contributed by atoms with Gasteiger partial charge in [0.15, 0.2) is 0 Å². The monoisotopic (exact) mass is 917 g/mol. The minimum atomic E-state index is 0.207. The van der Waals surface area contributed by atoms with E-state index in [1.54, 1.807) is 0 Å². The highest BCUT2D eigenvalue weighted by molar-refractivity contribution is 7.25. The first-order chi connectivity index (χ1) is 33.0. The number of hydrogen-bond donors (Lipinski definition) is 0. The Morgan fingerprint density at radius 3 is 1.67 bits per heavy atom. The number of benzene rings is 5. The molecule has 5 heterocycles. The fourth-order valence-corrected chi connectivity index (χ4v) is 10.4. The molecule has 2 saturated heterocycles. The topological polar surface area (TPSA) is 86.1 Å². The van der Waals surface area contributed by atoms with Crippen LogP contribution in [0.3, 0.4) is 0 Å². The average Bonchev–Trinajstić information content (AvgIpc) is 3.86. The van der Waals surface area contributed by atoms with E-state index >= 15 is 0 Å². The Labute approximate surface area is 398 Å². The van der Waals surface area contributed by atoms with Crippen LogP contribution in [0.25, 0.3) is 70.4 Å². The third-order valence-corrected chi connectivity index (χ3v) is 14.7. The third-order valence-electron chi connectivity index (χ3n) is 13.6. The van der Waals surface area contributed by atoms with Gasteiger partial charge in [-0.25, -0.2) is 9.97 Å². The Balaban J connectivity index is 0.905. The number of thiophene rings is 1. The molecule has 0 aliphatic carbocycles. The second-order valence-electron chi connectivity index (χ2n) is 19.1. The van der Waals surface area contributed by atoms with Crippen LogP contribution in [-0.2, 0) is 41.6 Å². The van der Waals surface area contributed by atoms with E-state index in [4.69, 9.17) is 38.4 Å². The molecule has 0 saturated carbocycles. The Morgan fingerprint density at radius 1 is 0.537 bits per heavy atom. The second kappa shape index (κ2) is 21.1. The molecule has 0 radical (unpaired) electrons. The highest BCUT2D eigenvalue weighted by Gasteiger charge is 2.37. The van der Waals surface area contributed by atoms with Crippen LogP contribution in [0.4, 0.5) is 0 Å². The van der Waals surface area contributed by atoms with E-state index in [0.29, 0.717) is 19.2 Å². The smallest absolute Gasteiger partial charge is 0.235 e. The molecule has 2 fully saturated rings. The highest BCUT2D eigenvalue weighted by Crippen LogP contribution is 2.42. The van der Waals surface area contributed by atoms with Crippen molar-refractivity contribution in [3.8, 4) is 28.5 Å². The molecule has 9 nitrogen and oxygen atoms in total. The second-order valence-corrected chi connectivity index (χ2v) is 20.2. The third kappa shape index (κ3) is 10.5. The Morgan fingerprint density at radius 2 is 1.09 bits per heavy atom. The van der Waals surface area contributed by atoms with Gasteiger partial charge in [-0.15, -0.1) is 11.3 Å². The number of nitrogens with zero attached hydrogens (tertiary/aromatic N) is 3. The maximum atomic E-state index is 6.30. The molecule has 5 aromatic carbocycles. The molecular formula is C57H63N3O6S. The van der Waals surface area contributed by atoms with Crippen molar-refractivity contribution in [1.29, 1.82) is 0 Å². The van der Waals surface area contributed by atoms with Gasteiger partial charge in [-0.1, -0.05) is 86.6 Å². The standard InChI is InChI=1S/C57H63N3O6S/c1-3-57(39-66-40-57)38-64-27-15-7-13-24-61-33-41-20-22-51-45(28-41)46-31-54-48(47-29-42(21-23-53(47)67-54)34-62-25-12-6-14-26-63-35-56(2)36-65-37-56)30-52(46)60(51)55-58-49(43-16-8-4-9-17-43)32-50(59-55)44-18-10-5-11-19-44/h4-5,8-11,16-23,28-32H,3,6-7,12-15,24-27,33-40H2,1-2H3. The number of rotatable bonds is 24. The predicted molar refractivity (Wildman–Crippen MR) is 271 cm³/mol. The van der Waals surface area contributed by atoms with Gasteiger partial charge in [-0.2, -0.15) is 0 Å². The van der Waals surface area contributed by atoms with E-state index in [1.165, 1.54) is 31.1 Å². The zero-order valence-corrected chi connectivity index (χ0v) is 39.9. The van der Waals surface area contributed by atoms with Gasteiger partial charge in [-0.3, -0.25) is 4.57 Å². The Bertz CT molecular complexity index is 2840. The summed E-state index contributed by atoms with van der Waals surface area (Å²) in [6, 6.07) is 41.2. The first-order valence-electron chi connectivity index (χ1n) is 24.4. The predicted octanol–water partition coefficient (Wildman–Crippen LogP) is 13.1. The van der Waals surface area contributed by atoms with Crippen molar-refractivity contribution in [2.45, 2.75) is 72.0 Å². The Kier molecular flexibility index (Phi) is 14.4. The molecule has 8 aromatic rings. The number of ether oxygens (including phenoxy) is 6. The van der Waals surface area contributed by atoms with Crippen molar-refractivity contribution in [3.63, 3.8) is 0 Å². The fraction of sp³-hybridized carbons (Fsp3) is 0.404. The molecule has 0 spiro atoms. The van der Waals surface area contributed by atoms with E-state index < -0.39 is 0 Å². The van der Waals surface area contributed by atoms with Gasteiger partial charge < -0.3 is 28.4 Å². The SMILES string of the molecule is CCC1(COCCCCCOCc2ccc3c(c2)c2cc4sc5ccc(COCCCCCOCC6(C)COC6)cc5c4cc2n3-c2nc(-c3ccccc3)cc(-c3ccccc3)n2)COC1. The summed E-state index contributed by atoms with van der Waals surface area (Å²) in [6.07, 6.45) is 7.42. The van der Waals surface area contributed by atoms with Crippen molar-refractivity contribution in [1.82, 2.24) is 14.5 Å². The van der Waals surface area contributed by atoms with Gasteiger partial charge >= 0.3 is 0 Å². The zero-order chi connectivity index (χ0) is 45.5. The van der Waals surface area contributed by atoms with Crippen LogP contribution in [0.2, 0.25) is 0 Å². The van der Waals surface area contributed by atoms with Crippen LogP contribution in [0.1, 0.15) is 69.9 Å². The van der Waals surface area contributed by atoms with Crippen molar-refractivity contribution in [2.24, 2.45) is 10.8 Å². The molecule has 0 bridgehead atoms. The van der Waals surface area contributed by atoms with Gasteiger partial charge in [0.2, 0.25) is 5.95 Å². The summed E-state index contributed by atoms with van der Waals surface area (Å²) in [5, 5.41) is 4.79. The molecule has 2 aliphatic heterocycles. The molecule has 0 N–H and O–H groups in total. The molecule has 0 amide bonds. The van der Waals surface area contributed by atoms with Crippen LogP contribution in [-0.4, -0.2) is 80.6 Å². The lowest BCUT2D eigenvalue weighted by atomic mass is 9.84. The van der Waals surface area contributed by atoms with E-state index in [-0.39, 0.29) is 10.8 Å². The lowest BCUT2D eigenvalue weighted by molar-refractivity contribution is -0.150. The first-order valence-corrected chi connectivity index (χ1v) is 25.2. The molecule has 0 unspecified atom stereocenters. The van der Waals surface area contributed by atoms with Crippen LogP contribution in [0.15, 0.2) is 115 Å². The molecular weight excluding hydrogens is 855 g/mol. The van der Waals surface area contributed by atoms with Crippen LogP contribution >= 0.6 is 11.3 Å². The maximum Gasteiger partial charge on any atom is 0.235 e. The van der Waals surface area contributed by atoms with Crippen molar-refractivity contribution in [2.75, 3.05) is 66.1 Å². The quantitative estimate of drug-likeness (QED) is 0.0554. The number of fused-ring (bicyclic) bond motifs is 6. The summed E-state index contributed by atoms with van der Waals surface area (Å²) >= 11 is 1.84. The number of unbranched alkanes of at least 4 members (excludes halogenated alkanes) is 4. The molecule has 2 aliphatic rings. The van der Waals surface area contributed by atoms with Crippen molar-refractivity contribution < 1.29 is 28.4 Å². The minimum absolute atomic E-state index is 0.207. The zero-order valence-electron chi connectivity index (χ0n) is 39.1. The van der Waals surface area contributed by atoms with Gasteiger partial charge in [0.05, 0.1) is 75.3 Å². The van der Waals surface area contributed by atoms with E-state index in [2.05, 4.69) is 122 Å². The summed E-state index contributed by atoms with van der Waals surface area (Å²) in [5.41, 5.74) is 8.76. The largest absolute Gasteiger partial charge is 0.381 e. The van der Waals surface area contributed by atoms with E-state index in [0.717, 1.165) is 156 Å². The number of hydrogen-bond acceptors (Lipinski definition) is 9. The summed E-state index contributed by atoms with van der Waals surface area (Å²) in [6.45, 7) is 13.5. The summed E-state index contributed by atoms with van der Waals surface area (Å²) in [5.74, 6) is 0.640. The summed E-state index contributed by atoms with van der Waals surface area (Å²) in [7, 11) is 0. The molecule has 3 aromatic heterocycles. The van der Waals surface area contributed by atoms with Gasteiger partial charge in [0, 0.05) is 79.3 Å². The van der Waals surface area contributed by atoms with Crippen LogP contribution in [0.5, 0.6) is 0 Å². The molecule has 348 valence electrons. The van der Waals surface area contributed by atoms with Crippen molar-refractivity contribution in [3.05, 3.63) is 126 Å². The fourth-order valence-electron chi connectivity index (χ4n) is 9.30. The normalized spacial score (nSPS) is 15.4. The molecule has 0 atom stereocenters. The highest BCUT2D eigenvalue weighted by atomic mass is 32.1. The Hall–Kier alpha value is -5.04. The van der Waals surface area contributed by atoms with Gasteiger partial charge in [-0.05, 0) is 98.5 Å². The summed E-state index contributed by atoms with van der Waals surface area (Å²) < 4.78 is 40.0. The maximum absolute atomic E-state index is 6.30. The van der Waals surface area contributed by atoms with Crippen LogP contribution < -0.4 is 0 Å². The van der Waals surface area contributed by atoms with E-state index in [9.17, 15) is 0 Å². The molecule has 10 heteroatoms. The summed E-state index contributed by atoms with van der Waals surface area (Å²) in [4.78, 5) is 10.7. The first kappa shape index (κ1) is 45.7. The van der Waals surface area contributed by atoms with Gasteiger partial charge in [0.25, 0.3) is 0 Å².